The van der Waals surface area contributed by atoms with Gasteiger partial charge in [-0.05, 0) is 127 Å². The van der Waals surface area contributed by atoms with E-state index in [0.29, 0.717) is 51.9 Å². The van der Waals surface area contributed by atoms with E-state index in [1.807, 2.05) is 13.8 Å². The van der Waals surface area contributed by atoms with E-state index >= 15 is 0 Å². The van der Waals surface area contributed by atoms with E-state index in [-0.39, 0.29) is 59.2 Å². The van der Waals surface area contributed by atoms with Gasteiger partial charge in [-0.2, -0.15) is 33.8 Å². The summed E-state index contributed by atoms with van der Waals surface area (Å²) < 4.78 is 98.3. The Hall–Kier alpha value is -6.27. The molecule has 2 aliphatic heterocycles. The molecule has 0 radical (unpaired) electrons. The summed E-state index contributed by atoms with van der Waals surface area (Å²) in [6, 6.07) is 20.2. The zero-order chi connectivity index (χ0) is 52.8. The van der Waals surface area contributed by atoms with Gasteiger partial charge in [-0.1, -0.05) is 20.8 Å². The first-order chi connectivity index (χ1) is 35.9. The number of nitrogens with zero attached hydrogens (tertiary/aromatic N) is 13. The average molecular weight is 1060 g/mol. The largest absolute Gasteiger partial charge is 0.380 e. The van der Waals surface area contributed by atoms with Crippen molar-refractivity contribution >= 4 is 41.9 Å². The molecular weight excluding hydrogens is 1000 g/mol. The Balaban J connectivity index is 0.773. The van der Waals surface area contributed by atoms with Crippen LogP contribution in [-0.4, -0.2) is 145 Å². The highest BCUT2D eigenvalue weighted by atomic mass is 32.2. The molecule has 396 valence electrons. The quantitative estimate of drug-likeness (QED) is 0.0801. The highest BCUT2D eigenvalue weighted by Gasteiger charge is 2.39. The van der Waals surface area contributed by atoms with Crippen molar-refractivity contribution in [3.8, 4) is 11.4 Å². The first-order valence-electron chi connectivity index (χ1n) is 25.4. The molecule has 0 aliphatic carbocycles. The van der Waals surface area contributed by atoms with Gasteiger partial charge < -0.3 is 4.74 Å². The second-order valence-electron chi connectivity index (χ2n) is 20.4. The Labute approximate surface area is 436 Å². The third-order valence-corrected chi connectivity index (χ3v) is 18.0. The van der Waals surface area contributed by atoms with E-state index in [0.717, 1.165) is 68.4 Å². The molecule has 0 bridgehead atoms. The van der Waals surface area contributed by atoms with Crippen LogP contribution in [0.15, 0.2) is 114 Å². The molecule has 0 saturated carbocycles. The Morgan fingerprint density at radius 3 is 1.69 bits per heavy atom. The van der Waals surface area contributed by atoms with Crippen LogP contribution in [0.25, 0.3) is 33.2 Å². The second-order valence-corrected chi connectivity index (χ2v) is 24.2. The zero-order valence-electron chi connectivity index (χ0n) is 43.0. The van der Waals surface area contributed by atoms with Crippen molar-refractivity contribution in [1.29, 1.82) is 0 Å². The molecule has 75 heavy (non-hydrogen) atoms. The van der Waals surface area contributed by atoms with Gasteiger partial charge in [0.1, 0.15) is 16.5 Å². The lowest BCUT2D eigenvalue weighted by Gasteiger charge is -2.42. The number of benzene rings is 4. The molecule has 0 spiro atoms. The maximum Gasteiger partial charge on any atom is 0.264 e. The number of halogens is 2. The van der Waals surface area contributed by atoms with E-state index in [1.165, 1.54) is 45.8 Å². The molecule has 22 heteroatoms. The van der Waals surface area contributed by atoms with Crippen LogP contribution in [0.4, 0.5) is 8.78 Å². The maximum atomic E-state index is 14.3. The Morgan fingerprint density at radius 1 is 0.640 bits per heavy atom. The van der Waals surface area contributed by atoms with Crippen LogP contribution in [0.2, 0.25) is 0 Å². The molecule has 6 heterocycles. The predicted octanol–water partition coefficient (Wildman–Crippen LogP) is 7.08. The molecule has 3 atom stereocenters. The molecule has 3 unspecified atom stereocenters. The van der Waals surface area contributed by atoms with Gasteiger partial charge in [0.15, 0.2) is 0 Å². The first-order valence-corrected chi connectivity index (χ1v) is 28.2. The van der Waals surface area contributed by atoms with E-state index in [4.69, 9.17) is 4.74 Å². The minimum Gasteiger partial charge on any atom is -0.380 e. The van der Waals surface area contributed by atoms with E-state index in [9.17, 15) is 25.6 Å². The topological polar surface area (TPSA) is 175 Å². The van der Waals surface area contributed by atoms with E-state index in [1.54, 1.807) is 68.3 Å². The summed E-state index contributed by atoms with van der Waals surface area (Å²) in [5, 5.41) is 23.5. The molecule has 4 aromatic heterocycles. The number of hydrogen-bond donors (Lipinski definition) is 0. The van der Waals surface area contributed by atoms with Gasteiger partial charge in [0.2, 0.25) is 15.0 Å². The maximum absolute atomic E-state index is 14.3. The normalized spacial score (nSPS) is 18.3. The summed E-state index contributed by atoms with van der Waals surface area (Å²) in [4.78, 5) is 6.10. The molecule has 2 aliphatic rings. The van der Waals surface area contributed by atoms with Crippen LogP contribution in [0.5, 0.6) is 0 Å². The van der Waals surface area contributed by atoms with Crippen LogP contribution >= 0.6 is 0 Å². The third-order valence-electron chi connectivity index (χ3n) is 14.5. The molecule has 8 aromatic rings. The standard InChI is InChI=1S/C53H63F2N13O5S2/c1-36(2)31-62-16-18-65(34-51(62)47-25-40-27-58-67(49(40)23-38(47)4)44-11-7-42(54)8-12-44)74(69,70)46-29-57-64(33-46)20-22-73-21-15-37(3)32-63-17-19-66(75(71,72)53-30-56-61(6)60-53)35-52(63)48-26-41-28-59-68(50(41)24-39(48)5)45-13-9-43(55)10-14-45/h7-14,23-30,33,36-37,51-52H,15-22,31-32,34-35H2,1-6H3. The van der Waals surface area contributed by atoms with Gasteiger partial charge in [-0.3, -0.25) is 14.5 Å². The van der Waals surface area contributed by atoms with Crippen LogP contribution in [-0.2, 0) is 38.4 Å². The zero-order valence-corrected chi connectivity index (χ0v) is 44.7. The lowest BCUT2D eigenvalue weighted by Crippen LogP contribution is -2.51. The monoisotopic (exact) mass is 1060 g/mol. The Kier molecular flexibility index (Phi) is 14.9. The average Bonchev–Trinajstić information content (AvgIpc) is 4.22. The second kappa shape index (κ2) is 21.4. The minimum atomic E-state index is -3.92. The molecule has 4 aromatic carbocycles. The smallest absolute Gasteiger partial charge is 0.264 e. The fourth-order valence-electron chi connectivity index (χ4n) is 10.6. The van der Waals surface area contributed by atoms with Gasteiger partial charge in [0.25, 0.3) is 10.0 Å². The summed E-state index contributed by atoms with van der Waals surface area (Å²) >= 11 is 0. The van der Waals surface area contributed by atoms with E-state index < -0.39 is 20.0 Å². The lowest BCUT2D eigenvalue weighted by atomic mass is 9.95. The summed E-state index contributed by atoms with van der Waals surface area (Å²) in [5.41, 5.74) is 7.23. The van der Waals surface area contributed by atoms with Crippen molar-refractivity contribution in [3.63, 3.8) is 0 Å². The number of rotatable bonds is 18. The summed E-state index contributed by atoms with van der Waals surface area (Å²) in [5.74, 6) is -0.101. The molecule has 0 amide bonds. The number of fused-ring (bicyclic) bond motifs is 2. The molecular formula is C53H63F2N13O5S2. The van der Waals surface area contributed by atoms with Gasteiger partial charge in [0, 0.05) is 95.1 Å². The van der Waals surface area contributed by atoms with Crippen molar-refractivity contribution in [2.75, 3.05) is 65.6 Å². The third kappa shape index (κ3) is 10.9. The van der Waals surface area contributed by atoms with Gasteiger partial charge >= 0.3 is 0 Å². The Morgan fingerprint density at radius 2 is 1.17 bits per heavy atom. The van der Waals surface area contributed by atoms with E-state index in [2.05, 4.69) is 80.3 Å². The summed E-state index contributed by atoms with van der Waals surface area (Å²) in [6.07, 6.45) is 8.58. The highest BCUT2D eigenvalue weighted by molar-refractivity contribution is 7.89. The molecule has 0 N–H and O–H groups in total. The van der Waals surface area contributed by atoms with Gasteiger partial charge in [-0.15, -0.1) is 5.10 Å². The fraction of sp³-hybridized carbons (Fsp3) is 0.415. The number of aryl methyl sites for hydroxylation is 3. The number of sulfonamides is 2. The number of piperazine rings is 2. The predicted molar refractivity (Wildman–Crippen MR) is 280 cm³/mol. The van der Waals surface area contributed by atoms with Crippen LogP contribution < -0.4 is 0 Å². The Bertz CT molecular complexity index is 3540. The summed E-state index contributed by atoms with van der Waals surface area (Å²) in [6.45, 7) is 15.4. The SMILES string of the molecule is Cc1cc2c(cnn2-c2ccc(F)cc2)cc1C1CN(S(=O)(=O)c2cnn(CCOCCC(C)CN3CCN(S(=O)(=O)c4cnn(C)n4)CC3c3cc4cnn(-c5ccc(F)cc5)c4cc3C)c2)CCN1CC(C)C. The number of hydrogen-bond acceptors (Lipinski definition) is 12. The summed E-state index contributed by atoms with van der Waals surface area (Å²) in [7, 11) is -6.23. The van der Waals surface area contributed by atoms with Crippen molar-refractivity contribution in [3.05, 3.63) is 138 Å². The molecule has 10 rings (SSSR count). The van der Waals surface area contributed by atoms with Crippen molar-refractivity contribution in [2.45, 2.75) is 69.6 Å². The molecule has 2 saturated heterocycles. The first kappa shape index (κ1) is 52.2. The minimum absolute atomic E-state index is 0.0932. The van der Waals surface area contributed by atoms with Crippen LogP contribution in [0, 0.1) is 37.3 Å². The fourth-order valence-corrected chi connectivity index (χ4v) is 13.3. The lowest BCUT2D eigenvalue weighted by molar-refractivity contribution is 0.0793. The molecule has 18 nitrogen and oxygen atoms in total. The van der Waals surface area contributed by atoms with Crippen molar-refractivity contribution in [2.24, 2.45) is 18.9 Å². The van der Waals surface area contributed by atoms with Crippen LogP contribution in [0.3, 0.4) is 0 Å². The van der Waals surface area contributed by atoms with Gasteiger partial charge in [-0.25, -0.2) is 35.0 Å². The number of aromatic nitrogens is 9. The molecule has 2 fully saturated rings. The van der Waals surface area contributed by atoms with Crippen molar-refractivity contribution < 1.29 is 30.4 Å². The number of ether oxygens (including phenoxy) is 1. The highest BCUT2D eigenvalue weighted by Crippen LogP contribution is 2.36. The van der Waals surface area contributed by atoms with Gasteiger partial charge in [0.05, 0.1) is 60.3 Å². The van der Waals surface area contributed by atoms with Crippen LogP contribution in [0.1, 0.15) is 61.5 Å². The van der Waals surface area contributed by atoms with Crippen molar-refractivity contribution in [1.82, 2.24) is 62.7 Å².